The third-order valence-electron chi connectivity index (χ3n) is 2.39. The molecular weight excluding hydrogens is 186 g/mol. The Labute approximate surface area is 91.7 Å². The fourth-order valence-corrected chi connectivity index (χ4v) is 1.57. The summed E-state index contributed by atoms with van der Waals surface area (Å²) < 4.78 is 0. The second-order valence-electron chi connectivity index (χ2n) is 4.22. The van der Waals surface area contributed by atoms with Crippen molar-refractivity contribution in [3.8, 4) is 0 Å². The van der Waals surface area contributed by atoms with Crippen molar-refractivity contribution in [2.75, 3.05) is 0 Å². The average Bonchev–Trinajstić information content (AvgIpc) is 2.17. The average molecular weight is 205 g/mol. The SMILES string of the molecule is CCCc1nc(C)ccc1C(=O)C(C)C. The number of aryl methyl sites for hydroxylation is 2. The number of hydrogen-bond donors (Lipinski definition) is 0. The summed E-state index contributed by atoms with van der Waals surface area (Å²) in [6, 6.07) is 3.82. The molecule has 0 saturated heterocycles. The summed E-state index contributed by atoms with van der Waals surface area (Å²) in [5.41, 5.74) is 2.74. The Hall–Kier alpha value is -1.18. The predicted octanol–water partition coefficient (Wildman–Crippen LogP) is 3.18. The minimum atomic E-state index is 0.0464. The minimum Gasteiger partial charge on any atom is -0.294 e. The lowest BCUT2D eigenvalue weighted by molar-refractivity contribution is 0.0938. The van der Waals surface area contributed by atoms with Crippen molar-refractivity contribution >= 4 is 5.78 Å². The summed E-state index contributed by atoms with van der Waals surface area (Å²) in [6.45, 7) is 7.92. The maximum atomic E-state index is 11.9. The van der Waals surface area contributed by atoms with Gasteiger partial charge in [0.1, 0.15) is 0 Å². The molecule has 0 saturated carbocycles. The highest BCUT2D eigenvalue weighted by molar-refractivity contribution is 5.98. The van der Waals surface area contributed by atoms with Gasteiger partial charge in [-0.15, -0.1) is 0 Å². The van der Waals surface area contributed by atoms with Gasteiger partial charge in [-0.1, -0.05) is 27.2 Å². The Balaban J connectivity index is 3.10. The van der Waals surface area contributed by atoms with Gasteiger partial charge >= 0.3 is 0 Å². The molecule has 1 aromatic rings. The van der Waals surface area contributed by atoms with Crippen LogP contribution in [0.5, 0.6) is 0 Å². The van der Waals surface area contributed by atoms with Crippen LogP contribution in [0, 0.1) is 12.8 Å². The third-order valence-corrected chi connectivity index (χ3v) is 2.39. The van der Waals surface area contributed by atoms with Crippen LogP contribution in [-0.2, 0) is 6.42 Å². The lowest BCUT2D eigenvalue weighted by atomic mass is 9.97. The summed E-state index contributed by atoms with van der Waals surface area (Å²) in [5.74, 6) is 0.246. The Kier molecular flexibility index (Phi) is 4.01. The molecule has 0 fully saturated rings. The van der Waals surface area contributed by atoms with E-state index in [1.807, 2.05) is 32.9 Å². The maximum absolute atomic E-state index is 11.9. The van der Waals surface area contributed by atoms with Gasteiger partial charge in [0.25, 0.3) is 0 Å². The lowest BCUT2D eigenvalue weighted by Crippen LogP contribution is -2.12. The van der Waals surface area contributed by atoms with Crippen molar-refractivity contribution in [1.82, 2.24) is 4.98 Å². The van der Waals surface area contributed by atoms with E-state index in [9.17, 15) is 4.79 Å². The Morgan fingerprint density at radius 2 is 2.07 bits per heavy atom. The third kappa shape index (κ3) is 2.88. The Bertz CT molecular complexity index is 356. The van der Waals surface area contributed by atoms with E-state index in [4.69, 9.17) is 0 Å². The molecule has 0 aliphatic heterocycles. The zero-order chi connectivity index (χ0) is 11.4. The minimum absolute atomic E-state index is 0.0464. The van der Waals surface area contributed by atoms with Gasteiger partial charge in [0.15, 0.2) is 5.78 Å². The summed E-state index contributed by atoms with van der Waals surface area (Å²) >= 11 is 0. The van der Waals surface area contributed by atoms with Gasteiger partial charge in [0.2, 0.25) is 0 Å². The number of carbonyl (C=O) groups is 1. The van der Waals surface area contributed by atoms with Crippen molar-refractivity contribution in [3.05, 3.63) is 29.1 Å². The molecular formula is C13H19NO. The standard InChI is InChI=1S/C13H19NO/c1-5-6-12-11(13(15)9(2)3)8-7-10(4)14-12/h7-9H,5-6H2,1-4H3. The number of pyridine rings is 1. The molecule has 0 atom stereocenters. The van der Waals surface area contributed by atoms with Crippen molar-refractivity contribution in [3.63, 3.8) is 0 Å². The highest BCUT2D eigenvalue weighted by Crippen LogP contribution is 2.14. The monoisotopic (exact) mass is 205 g/mol. The normalized spacial score (nSPS) is 10.7. The molecule has 0 bridgehead atoms. The van der Waals surface area contributed by atoms with Gasteiger partial charge in [-0.3, -0.25) is 9.78 Å². The number of rotatable bonds is 4. The number of ketones is 1. The van der Waals surface area contributed by atoms with Crippen LogP contribution in [0.15, 0.2) is 12.1 Å². The van der Waals surface area contributed by atoms with E-state index >= 15 is 0 Å². The first-order valence-electron chi connectivity index (χ1n) is 5.57. The molecule has 2 nitrogen and oxygen atoms in total. The van der Waals surface area contributed by atoms with E-state index in [1.165, 1.54) is 0 Å². The quantitative estimate of drug-likeness (QED) is 0.707. The van der Waals surface area contributed by atoms with Crippen molar-refractivity contribution < 1.29 is 4.79 Å². The smallest absolute Gasteiger partial charge is 0.167 e. The van der Waals surface area contributed by atoms with Gasteiger partial charge in [0.05, 0.1) is 5.69 Å². The van der Waals surface area contributed by atoms with Crippen LogP contribution in [0.25, 0.3) is 0 Å². The molecule has 0 aliphatic rings. The van der Waals surface area contributed by atoms with Crippen LogP contribution in [0.2, 0.25) is 0 Å². The molecule has 0 radical (unpaired) electrons. The number of hydrogen-bond acceptors (Lipinski definition) is 2. The van der Waals surface area contributed by atoms with Gasteiger partial charge in [-0.05, 0) is 25.5 Å². The van der Waals surface area contributed by atoms with E-state index < -0.39 is 0 Å². The predicted molar refractivity (Wildman–Crippen MR) is 62.1 cm³/mol. The summed E-state index contributed by atoms with van der Waals surface area (Å²) in [7, 11) is 0. The second-order valence-corrected chi connectivity index (χ2v) is 4.22. The molecule has 0 aliphatic carbocycles. The van der Waals surface area contributed by atoms with Gasteiger partial charge in [-0.25, -0.2) is 0 Å². The van der Waals surface area contributed by atoms with Crippen molar-refractivity contribution in [1.29, 1.82) is 0 Å². The second kappa shape index (κ2) is 5.06. The Morgan fingerprint density at radius 1 is 1.40 bits per heavy atom. The first kappa shape index (κ1) is 11.9. The largest absolute Gasteiger partial charge is 0.294 e. The van der Waals surface area contributed by atoms with Crippen LogP contribution < -0.4 is 0 Å². The molecule has 0 amide bonds. The van der Waals surface area contributed by atoms with Crippen LogP contribution >= 0.6 is 0 Å². The first-order valence-corrected chi connectivity index (χ1v) is 5.57. The number of aromatic nitrogens is 1. The highest BCUT2D eigenvalue weighted by atomic mass is 16.1. The lowest BCUT2D eigenvalue weighted by Gasteiger charge is -2.09. The zero-order valence-corrected chi connectivity index (χ0v) is 10.0. The molecule has 1 rings (SSSR count). The molecule has 0 spiro atoms. The fraction of sp³-hybridized carbons (Fsp3) is 0.538. The molecule has 1 heterocycles. The summed E-state index contributed by atoms with van der Waals surface area (Å²) in [4.78, 5) is 16.4. The van der Waals surface area contributed by atoms with Crippen molar-refractivity contribution in [2.45, 2.75) is 40.5 Å². The van der Waals surface area contributed by atoms with E-state index in [0.717, 1.165) is 29.8 Å². The molecule has 0 aromatic carbocycles. The molecule has 1 aromatic heterocycles. The number of carbonyl (C=O) groups excluding carboxylic acids is 1. The molecule has 2 heteroatoms. The molecule has 15 heavy (non-hydrogen) atoms. The van der Waals surface area contributed by atoms with Crippen LogP contribution in [0.3, 0.4) is 0 Å². The maximum Gasteiger partial charge on any atom is 0.167 e. The Morgan fingerprint density at radius 3 is 2.60 bits per heavy atom. The van der Waals surface area contributed by atoms with Crippen LogP contribution in [-0.4, -0.2) is 10.8 Å². The van der Waals surface area contributed by atoms with Gasteiger partial charge in [0, 0.05) is 17.2 Å². The molecule has 0 N–H and O–H groups in total. The summed E-state index contributed by atoms with van der Waals surface area (Å²) in [6.07, 6.45) is 1.91. The first-order chi connectivity index (χ1) is 7.06. The number of nitrogens with zero attached hydrogens (tertiary/aromatic N) is 1. The highest BCUT2D eigenvalue weighted by Gasteiger charge is 2.15. The van der Waals surface area contributed by atoms with E-state index in [-0.39, 0.29) is 11.7 Å². The van der Waals surface area contributed by atoms with Crippen LogP contribution in [0.4, 0.5) is 0 Å². The summed E-state index contributed by atoms with van der Waals surface area (Å²) in [5, 5.41) is 0. The van der Waals surface area contributed by atoms with Gasteiger partial charge < -0.3 is 0 Å². The van der Waals surface area contributed by atoms with Crippen molar-refractivity contribution in [2.24, 2.45) is 5.92 Å². The van der Waals surface area contributed by atoms with Crippen LogP contribution in [0.1, 0.15) is 48.9 Å². The molecule has 82 valence electrons. The van der Waals surface area contributed by atoms with E-state index in [1.54, 1.807) is 0 Å². The molecule has 0 unspecified atom stereocenters. The fourth-order valence-electron chi connectivity index (χ4n) is 1.57. The van der Waals surface area contributed by atoms with Gasteiger partial charge in [-0.2, -0.15) is 0 Å². The number of Topliss-reactive ketones (excluding diaryl/α,β-unsaturated/α-hetero) is 1. The zero-order valence-electron chi connectivity index (χ0n) is 10.0. The van der Waals surface area contributed by atoms with E-state index in [2.05, 4.69) is 11.9 Å². The van der Waals surface area contributed by atoms with E-state index in [0.29, 0.717) is 0 Å². The topological polar surface area (TPSA) is 30.0 Å².